The van der Waals surface area contributed by atoms with Gasteiger partial charge in [-0.3, -0.25) is 0 Å². The SMILES string of the molecule is COc1ccc(CNc2ccc3c(c2)OCO3)c(OC)c1OC. The van der Waals surface area contributed by atoms with Gasteiger partial charge in [0, 0.05) is 23.9 Å². The lowest BCUT2D eigenvalue weighted by Crippen LogP contribution is -2.04. The Bertz CT molecular complexity index is 702. The fraction of sp³-hybridized carbons (Fsp3) is 0.294. The molecular weight excluding hydrogens is 298 g/mol. The van der Waals surface area contributed by atoms with E-state index in [1.165, 1.54) is 0 Å². The van der Waals surface area contributed by atoms with Gasteiger partial charge >= 0.3 is 0 Å². The van der Waals surface area contributed by atoms with Crippen molar-refractivity contribution in [1.82, 2.24) is 0 Å². The van der Waals surface area contributed by atoms with Crippen LogP contribution in [0.2, 0.25) is 0 Å². The highest BCUT2D eigenvalue weighted by molar-refractivity contribution is 5.59. The molecule has 0 radical (unpaired) electrons. The number of hydrogen-bond acceptors (Lipinski definition) is 6. The van der Waals surface area contributed by atoms with Crippen molar-refractivity contribution in [2.24, 2.45) is 0 Å². The first-order valence-corrected chi connectivity index (χ1v) is 7.18. The van der Waals surface area contributed by atoms with Crippen molar-refractivity contribution in [3.05, 3.63) is 35.9 Å². The number of benzene rings is 2. The summed E-state index contributed by atoms with van der Waals surface area (Å²) in [6.07, 6.45) is 0. The molecule has 6 heteroatoms. The normalized spacial score (nSPS) is 12.0. The van der Waals surface area contributed by atoms with Crippen molar-refractivity contribution in [1.29, 1.82) is 0 Å². The van der Waals surface area contributed by atoms with Gasteiger partial charge in [0.1, 0.15) is 0 Å². The van der Waals surface area contributed by atoms with E-state index in [4.69, 9.17) is 23.7 Å². The van der Waals surface area contributed by atoms with Crippen LogP contribution < -0.4 is 29.0 Å². The molecule has 1 heterocycles. The molecule has 2 aromatic rings. The predicted molar refractivity (Wildman–Crippen MR) is 86.0 cm³/mol. The van der Waals surface area contributed by atoms with Crippen molar-refractivity contribution in [3.8, 4) is 28.7 Å². The zero-order valence-electron chi connectivity index (χ0n) is 13.3. The summed E-state index contributed by atoms with van der Waals surface area (Å²) in [6.45, 7) is 0.839. The largest absolute Gasteiger partial charge is 0.493 e. The quantitative estimate of drug-likeness (QED) is 0.884. The molecule has 2 aromatic carbocycles. The van der Waals surface area contributed by atoms with Crippen LogP contribution in [0.3, 0.4) is 0 Å². The maximum Gasteiger partial charge on any atom is 0.231 e. The highest BCUT2D eigenvalue weighted by Crippen LogP contribution is 2.40. The average molecular weight is 317 g/mol. The molecule has 1 aliphatic rings. The molecule has 3 rings (SSSR count). The molecule has 0 aliphatic carbocycles. The molecule has 6 nitrogen and oxygen atoms in total. The first-order chi connectivity index (χ1) is 11.3. The molecule has 122 valence electrons. The van der Waals surface area contributed by atoms with Gasteiger partial charge in [-0.2, -0.15) is 0 Å². The minimum absolute atomic E-state index is 0.266. The molecular formula is C17H19NO5. The van der Waals surface area contributed by atoms with Crippen molar-refractivity contribution in [2.45, 2.75) is 6.54 Å². The van der Waals surface area contributed by atoms with E-state index < -0.39 is 0 Å². The fourth-order valence-corrected chi connectivity index (χ4v) is 2.51. The minimum atomic E-state index is 0.266. The molecule has 0 saturated heterocycles. The van der Waals surface area contributed by atoms with Gasteiger partial charge in [-0.15, -0.1) is 0 Å². The second-order valence-electron chi connectivity index (χ2n) is 4.92. The highest BCUT2D eigenvalue weighted by Gasteiger charge is 2.16. The molecule has 0 fully saturated rings. The van der Waals surface area contributed by atoms with Gasteiger partial charge < -0.3 is 29.0 Å². The number of methoxy groups -OCH3 is 3. The topological polar surface area (TPSA) is 58.2 Å². The van der Waals surface area contributed by atoms with Crippen LogP contribution in [0, 0.1) is 0 Å². The molecule has 0 spiro atoms. The molecule has 0 saturated carbocycles. The Morgan fingerprint density at radius 3 is 2.43 bits per heavy atom. The third-order valence-electron chi connectivity index (χ3n) is 3.64. The molecule has 0 atom stereocenters. The zero-order chi connectivity index (χ0) is 16.2. The predicted octanol–water partition coefficient (Wildman–Crippen LogP) is 3.05. The Labute approximate surface area is 134 Å². The van der Waals surface area contributed by atoms with Gasteiger partial charge in [0.15, 0.2) is 23.0 Å². The van der Waals surface area contributed by atoms with E-state index >= 15 is 0 Å². The number of anilines is 1. The van der Waals surface area contributed by atoms with E-state index in [0.29, 0.717) is 23.8 Å². The second kappa shape index (κ2) is 6.56. The minimum Gasteiger partial charge on any atom is -0.493 e. The van der Waals surface area contributed by atoms with Crippen LogP contribution in [-0.4, -0.2) is 28.1 Å². The van der Waals surface area contributed by atoms with Crippen LogP contribution in [0.4, 0.5) is 5.69 Å². The van der Waals surface area contributed by atoms with Crippen molar-refractivity contribution in [3.63, 3.8) is 0 Å². The Morgan fingerprint density at radius 1 is 0.913 bits per heavy atom. The standard InChI is InChI=1S/C17H19NO5/c1-19-14-6-4-11(16(20-2)17(14)21-3)9-18-12-5-7-13-15(8-12)23-10-22-13/h4-8,18H,9-10H2,1-3H3. The van der Waals surface area contributed by atoms with Gasteiger partial charge in [0.05, 0.1) is 21.3 Å². The van der Waals surface area contributed by atoms with Gasteiger partial charge in [-0.25, -0.2) is 0 Å². The van der Waals surface area contributed by atoms with Gasteiger partial charge in [0.25, 0.3) is 0 Å². The fourth-order valence-electron chi connectivity index (χ4n) is 2.51. The monoisotopic (exact) mass is 317 g/mol. The maximum atomic E-state index is 5.48. The third-order valence-corrected chi connectivity index (χ3v) is 3.64. The molecule has 0 aromatic heterocycles. The average Bonchev–Trinajstić information content (AvgIpc) is 3.06. The van der Waals surface area contributed by atoms with Crippen LogP contribution in [0.1, 0.15) is 5.56 Å². The number of fused-ring (bicyclic) bond motifs is 1. The van der Waals surface area contributed by atoms with Gasteiger partial charge in [0.2, 0.25) is 12.5 Å². The molecule has 0 bridgehead atoms. The number of rotatable bonds is 6. The molecule has 1 N–H and O–H groups in total. The number of hydrogen-bond donors (Lipinski definition) is 1. The summed E-state index contributed by atoms with van der Waals surface area (Å²) in [6, 6.07) is 9.55. The highest BCUT2D eigenvalue weighted by atomic mass is 16.7. The summed E-state index contributed by atoms with van der Waals surface area (Å²) in [7, 11) is 4.80. The number of nitrogens with one attached hydrogen (secondary N) is 1. The van der Waals surface area contributed by atoms with E-state index in [9.17, 15) is 0 Å². The first-order valence-electron chi connectivity index (χ1n) is 7.18. The van der Waals surface area contributed by atoms with E-state index in [2.05, 4.69) is 5.32 Å². The zero-order valence-corrected chi connectivity index (χ0v) is 13.3. The Kier molecular flexibility index (Phi) is 4.32. The van der Waals surface area contributed by atoms with E-state index in [0.717, 1.165) is 22.7 Å². The van der Waals surface area contributed by atoms with Crippen molar-refractivity contribution >= 4 is 5.69 Å². The van der Waals surface area contributed by atoms with Crippen LogP contribution in [-0.2, 0) is 6.54 Å². The van der Waals surface area contributed by atoms with Crippen molar-refractivity contribution in [2.75, 3.05) is 33.4 Å². The Balaban J connectivity index is 1.80. The number of ether oxygens (including phenoxy) is 5. The summed E-state index contributed by atoms with van der Waals surface area (Å²) in [5.41, 5.74) is 1.90. The van der Waals surface area contributed by atoms with Gasteiger partial charge in [-0.1, -0.05) is 0 Å². The van der Waals surface area contributed by atoms with E-state index in [-0.39, 0.29) is 6.79 Å². The second-order valence-corrected chi connectivity index (χ2v) is 4.92. The lowest BCUT2D eigenvalue weighted by Gasteiger charge is -2.16. The van der Waals surface area contributed by atoms with Crippen LogP contribution >= 0.6 is 0 Å². The van der Waals surface area contributed by atoms with Crippen LogP contribution in [0.25, 0.3) is 0 Å². The van der Waals surface area contributed by atoms with Crippen molar-refractivity contribution < 1.29 is 23.7 Å². The van der Waals surface area contributed by atoms with Gasteiger partial charge in [-0.05, 0) is 24.3 Å². The summed E-state index contributed by atoms with van der Waals surface area (Å²) < 4.78 is 26.9. The molecule has 1 aliphatic heterocycles. The van der Waals surface area contributed by atoms with E-state index in [1.54, 1.807) is 21.3 Å². The molecule has 0 amide bonds. The van der Waals surface area contributed by atoms with E-state index in [1.807, 2.05) is 30.3 Å². The summed E-state index contributed by atoms with van der Waals surface area (Å²) >= 11 is 0. The van der Waals surface area contributed by atoms with Crippen LogP contribution in [0.15, 0.2) is 30.3 Å². The van der Waals surface area contributed by atoms with Crippen LogP contribution in [0.5, 0.6) is 28.7 Å². The summed E-state index contributed by atoms with van der Waals surface area (Å²) in [5, 5.41) is 3.34. The summed E-state index contributed by atoms with van der Waals surface area (Å²) in [5.74, 6) is 3.38. The first kappa shape index (κ1) is 15.1. The molecule has 23 heavy (non-hydrogen) atoms. The molecule has 0 unspecified atom stereocenters. The Hall–Kier alpha value is -2.76. The maximum absolute atomic E-state index is 5.48. The smallest absolute Gasteiger partial charge is 0.231 e. The lowest BCUT2D eigenvalue weighted by atomic mass is 10.1. The lowest BCUT2D eigenvalue weighted by molar-refractivity contribution is 0.174. The summed E-state index contributed by atoms with van der Waals surface area (Å²) in [4.78, 5) is 0. The Morgan fingerprint density at radius 2 is 1.70 bits per heavy atom. The third kappa shape index (κ3) is 2.92.